The van der Waals surface area contributed by atoms with Crippen molar-refractivity contribution >= 4 is 29.2 Å². The van der Waals surface area contributed by atoms with Crippen LogP contribution in [0.15, 0.2) is 35.1 Å². The molecule has 0 radical (unpaired) electrons. The number of hydrogen-bond donors (Lipinski definition) is 2. The van der Waals surface area contributed by atoms with E-state index in [4.69, 9.17) is 28.3 Å². The molecule has 0 aliphatic rings. The van der Waals surface area contributed by atoms with Crippen LogP contribution in [0.3, 0.4) is 0 Å². The van der Waals surface area contributed by atoms with Crippen LogP contribution in [0.4, 0.5) is 0 Å². The Morgan fingerprint density at radius 3 is 2.50 bits per heavy atom. The predicted octanol–water partition coefficient (Wildman–Crippen LogP) is 3.05. The van der Waals surface area contributed by atoms with Gasteiger partial charge in [-0.1, -0.05) is 35.3 Å². The predicted molar refractivity (Wildman–Crippen MR) is 69.5 cm³/mol. The van der Waals surface area contributed by atoms with Crippen LogP contribution in [0.1, 0.15) is 10.4 Å². The number of rotatable bonds is 2. The molecule has 0 spiro atoms. The summed E-state index contributed by atoms with van der Waals surface area (Å²) in [5, 5.41) is 9.42. The summed E-state index contributed by atoms with van der Waals surface area (Å²) in [7, 11) is 0. The summed E-state index contributed by atoms with van der Waals surface area (Å²) in [5.41, 5.74) is -0.0522. The second-order valence-corrected chi connectivity index (χ2v) is 4.31. The molecule has 0 aliphatic carbocycles. The van der Waals surface area contributed by atoms with Crippen molar-refractivity contribution in [2.24, 2.45) is 0 Å². The van der Waals surface area contributed by atoms with E-state index in [0.29, 0.717) is 21.3 Å². The number of pyridine rings is 1. The van der Waals surface area contributed by atoms with Crippen molar-refractivity contribution in [3.63, 3.8) is 0 Å². The number of carbonyl (C=O) groups is 1. The van der Waals surface area contributed by atoms with Crippen molar-refractivity contribution < 1.29 is 9.90 Å². The minimum Gasteiger partial charge on any atom is -0.477 e. The molecule has 0 amide bonds. The second kappa shape index (κ2) is 4.84. The van der Waals surface area contributed by atoms with Gasteiger partial charge in [-0.2, -0.15) is 0 Å². The largest absolute Gasteiger partial charge is 0.477 e. The maximum atomic E-state index is 11.5. The minimum absolute atomic E-state index is 0.304. The van der Waals surface area contributed by atoms with Crippen LogP contribution in [-0.2, 0) is 0 Å². The normalized spacial score (nSPS) is 10.3. The van der Waals surface area contributed by atoms with Crippen molar-refractivity contribution in [1.82, 2.24) is 4.98 Å². The lowest BCUT2D eigenvalue weighted by atomic mass is 10.1. The highest BCUT2D eigenvalue weighted by atomic mass is 35.5. The van der Waals surface area contributed by atoms with E-state index >= 15 is 0 Å². The molecule has 0 bridgehead atoms. The molecule has 0 saturated carbocycles. The Morgan fingerprint density at radius 1 is 1.17 bits per heavy atom. The molecule has 0 atom stereocenters. The Kier molecular flexibility index (Phi) is 3.41. The fraction of sp³-hybridized carbons (Fsp3) is 0. The first-order valence-corrected chi connectivity index (χ1v) is 5.67. The summed E-state index contributed by atoms with van der Waals surface area (Å²) in [6, 6.07) is 7.69. The van der Waals surface area contributed by atoms with Gasteiger partial charge in [-0.15, -0.1) is 0 Å². The van der Waals surface area contributed by atoms with Gasteiger partial charge in [0.15, 0.2) is 0 Å². The molecular weight excluding hydrogens is 277 g/mol. The lowest BCUT2D eigenvalue weighted by molar-refractivity contribution is 0.0695. The van der Waals surface area contributed by atoms with Gasteiger partial charge in [0.2, 0.25) is 0 Å². The number of carboxylic acid groups (broad SMARTS) is 1. The van der Waals surface area contributed by atoms with Gasteiger partial charge in [-0.25, -0.2) is 4.79 Å². The van der Waals surface area contributed by atoms with E-state index in [1.807, 2.05) is 0 Å². The highest BCUT2D eigenvalue weighted by Crippen LogP contribution is 2.31. The number of aromatic carboxylic acids is 1. The highest BCUT2D eigenvalue weighted by molar-refractivity contribution is 6.43. The van der Waals surface area contributed by atoms with Crippen LogP contribution in [0.25, 0.3) is 11.3 Å². The lowest BCUT2D eigenvalue weighted by Crippen LogP contribution is -2.17. The van der Waals surface area contributed by atoms with E-state index in [0.717, 1.165) is 0 Å². The fourth-order valence-electron chi connectivity index (χ4n) is 1.51. The van der Waals surface area contributed by atoms with E-state index < -0.39 is 11.5 Å². The molecule has 2 aromatic rings. The number of hydrogen-bond acceptors (Lipinski definition) is 2. The molecule has 1 aromatic carbocycles. The summed E-state index contributed by atoms with van der Waals surface area (Å²) in [4.78, 5) is 24.7. The molecule has 0 fully saturated rings. The van der Waals surface area contributed by atoms with Gasteiger partial charge in [0.25, 0.3) is 5.56 Å². The molecular formula is C12H7Cl2NO3. The monoisotopic (exact) mass is 283 g/mol. The quantitative estimate of drug-likeness (QED) is 0.890. The van der Waals surface area contributed by atoms with E-state index in [2.05, 4.69) is 4.98 Å². The smallest absolute Gasteiger partial charge is 0.341 e. The van der Waals surface area contributed by atoms with Crippen LogP contribution in [0.2, 0.25) is 10.0 Å². The van der Waals surface area contributed by atoms with Gasteiger partial charge in [0.05, 0.1) is 10.0 Å². The summed E-state index contributed by atoms with van der Waals surface area (Å²) < 4.78 is 0. The second-order valence-electron chi connectivity index (χ2n) is 3.52. The number of carboxylic acids is 1. The van der Waals surface area contributed by atoms with Gasteiger partial charge >= 0.3 is 5.97 Å². The molecule has 1 heterocycles. The van der Waals surface area contributed by atoms with Gasteiger partial charge < -0.3 is 10.1 Å². The number of nitrogens with one attached hydrogen (secondary N) is 1. The summed E-state index contributed by atoms with van der Waals surface area (Å²) >= 11 is 11.9. The molecule has 0 saturated heterocycles. The van der Waals surface area contributed by atoms with E-state index in [9.17, 15) is 9.59 Å². The molecule has 92 valence electrons. The molecule has 0 aliphatic heterocycles. The maximum absolute atomic E-state index is 11.5. The Hall–Kier alpha value is -1.78. The van der Waals surface area contributed by atoms with Crippen molar-refractivity contribution in [3.8, 4) is 11.3 Å². The number of benzene rings is 1. The van der Waals surface area contributed by atoms with Crippen LogP contribution in [0.5, 0.6) is 0 Å². The number of aromatic amines is 1. The third-order valence-electron chi connectivity index (χ3n) is 2.38. The Morgan fingerprint density at radius 2 is 1.89 bits per heavy atom. The molecule has 1 aromatic heterocycles. The number of H-pyrrole nitrogens is 1. The van der Waals surface area contributed by atoms with Gasteiger partial charge in [-0.05, 0) is 18.2 Å². The molecule has 6 heteroatoms. The number of halogens is 2. The first kappa shape index (κ1) is 12.7. The molecule has 2 N–H and O–H groups in total. The van der Waals surface area contributed by atoms with Gasteiger partial charge in [-0.3, -0.25) is 4.79 Å². The summed E-state index contributed by atoms with van der Waals surface area (Å²) in [6.07, 6.45) is 0. The molecule has 2 rings (SSSR count). The van der Waals surface area contributed by atoms with Crippen LogP contribution >= 0.6 is 23.2 Å². The average molecular weight is 284 g/mol. The van der Waals surface area contributed by atoms with Crippen LogP contribution < -0.4 is 5.56 Å². The first-order chi connectivity index (χ1) is 8.50. The number of aromatic nitrogens is 1. The van der Waals surface area contributed by atoms with Crippen molar-refractivity contribution in [1.29, 1.82) is 0 Å². The van der Waals surface area contributed by atoms with E-state index in [-0.39, 0.29) is 5.56 Å². The maximum Gasteiger partial charge on any atom is 0.341 e. The summed E-state index contributed by atoms with van der Waals surface area (Å²) in [6.45, 7) is 0. The zero-order valence-electron chi connectivity index (χ0n) is 8.91. The Bertz CT molecular complexity index is 679. The molecule has 0 unspecified atom stereocenters. The van der Waals surface area contributed by atoms with Crippen molar-refractivity contribution in [2.75, 3.05) is 0 Å². The minimum atomic E-state index is -1.28. The van der Waals surface area contributed by atoms with E-state index in [1.165, 1.54) is 12.1 Å². The standard InChI is InChI=1S/C12H7Cl2NO3/c13-8-3-1-2-6(10(8)14)9-5-4-7(12(17)18)11(16)15-9/h1-5H,(H,15,16)(H,17,18). The lowest BCUT2D eigenvalue weighted by Gasteiger charge is -2.06. The highest BCUT2D eigenvalue weighted by Gasteiger charge is 2.12. The zero-order chi connectivity index (χ0) is 13.3. The van der Waals surface area contributed by atoms with E-state index in [1.54, 1.807) is 18.2 Å². The molecule has 4 nitrogen and oxygen atoms in total. The van der Waals surface area contributed by atoms with Crippen molar-refractivity contribution in [3.05, 3.63) is 56.3 Å². The average Bonchev–Trinajstić information content (AvgIpc) is 2.32. The summed E-state index contributed by atoms with van der Waals surface area (Å²) in [5.74, 6) is -1.28. The fourth-order valence-corrected chi connectivity index (χ4v) is 1.91. The zero-order valence-corrected chi connectivity index (χ0v) is 10.4. The SMILES string of the molecule is O=C(O)c1ccc(-c2cccc(Cl)c2Cl)[nH]c1=O. The van der Waals surface area contributed by atoms with Gasteiger partial charge in [0, 0.05) is 11.3 Å². The third kappa shape index (κ3) is 2.25. The van der Waals surface area contributed by atoms with Crippen LogP contribution in [-0.4, -0.2) is 16.1 Å². The Balaban J connectivity index is 2.60. The third-order valence-corrected chi connectivity index (χ3v) is 3.20. The van der Waals surface area contributed by atoms with Gasteiger partial charge in [0.1, 0.15) is 5.56 Å². The Labute approximate surface area is 112 Å². The first-order valence-electron chi connectivity index (χ1n) is 4.91. The topological polar surface area (TPSA) is 70.2 Å². The van der Waals surface area contributed by atoms with Crippen LogP contribution in [0, 0.1) is 0 Å². The molecule has 18 heavy (non-hydrogen) atoms. The van der Waals surface area contributed by atoms with Crippen molar-refractivity contribution in [2.45, 2.75) is 0 Å².